The molecule has 2 aromatic carbocycles. The molecule has 166 valence electrons. The van der Waals surface area contributed by atoms with Crippen LogP contribution in [-0.4, -0.2) is 21.8 Å². The van der Waals surface area contributed by atoms with Crippen molar-refractivity contribution >= 4 is 34.0 Å². The first-order valence-corrected chi connectivity index (χ1v) is 11.0. The van der Waals surface area contributed by atoms with Gasteiger partial charge in [0.2, 0.25) is 11.5 Å². The highest BCUT2D eigenvalue weighted by Crippen LogP contribution is 2.23. The summed E-state index contributed by atoms with van der Waals surface area (Å²) < 4.78 is 5.74. The molecule has 0 spiro atoms. The Morgan fingerprint density at radius 2 is 1.70 bits per heavy atom. The monoisotopic (exact) mass is 460 g/mol. The van der Waals surface area contributed by atoms with E-state index in [0.717, 1.165) is 5.75 Å². The average Bonchev–Trinajstić information content (AvgIpc) is 3.27. The Labute approximate surface area is 193 Å². The van der Waals surface area contributed by atoms with Gasteiger partial charge in [-0.05, 0) is 48.9 Å². The van der Waals surface area contributed by atoms with Gasteiger partial charge in [-0.2, -0.15) is 0 Å². The van der Waals surface area contributed by atoms with Crippen LogP contribution >= 0.6 is 11.3 Å². The van der Waals surface area contributed by atoms with Crippen LogP contribution < -0.4 is 20.9 Å². The summed E-state index contributed by atoms with van der Waals surface area (Å²) in [6.45, 7) is 0. The van der Waals surface area contributed by atoms with E-state index in [0.29, 0.717) is 34.2 Å². The number of rotatable bonds is 8. The topological polar surface area (TPSA) is 113 Å². The molecule has 2 heterocycles. The number of H-pyrrole nitrogens is 1. The van der Waals surface area contributed by atoms with E-state index >= 15 is 0 Å². The Morgan fingerprint density at radius 1 is 0.939 bits per heavy atom. The Bertz CT molecular complexity index is 1280. The van der Waals surface area contributed by atoms with Gasteiger partial charge in [-0.25, -0.2) is 4.98 Å². The molecule has 9 heteroatoms. The van der Waals surface area contributed by atoms with E-state index in [1.165, 1.54) is 29.7 Å². The standard InChI is InChI=1S/C24H20N4O4S/c29-21-12-6-16(14-25-21)23(31)28-24-27-18(15-33-24)9-13-22(30)26-17-7-10-20(11-8-17)32-19-4-2-1-3-5-19/h1-8,10-12,14-15H,9,13H2,(H,25,29)(H,26,30)(H,27,28,31). The second-order valence-corrected chi connectivity index (χ2v) is 7.89. The lowest BCUT2D eigenvalue weighted by Crippen LogP contribution is -2.14. The number of aromatic nitrogens is 2. The Kier molecular flexibility index (Phi) is 6.91. The van der Waals surface area contributed by atoms with Crippen LogP contribution in [0.3, 0.4) is 0 Å². The zero-order chi connectivity index (χ0) is 23.0. The highest BCUT2D eigenvalue weighted by Gasteiger charge is 2.11. The smallest absolute Gasteiger partial charge is 0.258 e. The number of pyridine rings is 1. The largest absolute Gasteiger partial charge is 0.457 e. The number of amides is 2. The molecule has 0 bridgehead atoms. The van der Waals surface area contributed by atoms with Crippen molar-refractivity contribution in [3.63, 3.8) is 0 Å². The second-order valence-electron chi connectivity index (χ2n) is 7.03. The van der Waals surface area contributed by atoms with Crippen molar-refractivity contribution in [2.45, 2.75) is 12.8 Å². The van der Waals surface area contributed by atoms with Crippen LogP contribution in [0.25, 0.3) is 0 Å². The predicted octanol–water partition coefficient (Wildman–Crippen LogP) is 4.45. The quantitative estimate of drug-likeness (QED) is 0.360. The molecular formula is C24H20N4O4S. The van der Waals surface area contributed by atoms with E-state index in [9.17, 15) is 14.4 Å². The summed E-state index contributed by atoms with van der Waals surface area (Å²) in [7, 11) is 0. The van der Waals surface area contributed by atoms with Crippen LogP contribution in [0.5, 0.6) is 11.5 Å². The molecule has 2 aromatic heterocycles. The normalized spacial score (nSPS) is 10.4. The molecule has 2 amide bonds. The fraction of sp³-hybridized carbons (Fsp3) is 0.0833. The molecule has 0 aliphatic heterocycles. The van der Waals surface area contributed by atoms with E-state index in [1.807, 2.05) is 30.3 Å². The molecule has 0 fully saturated rings. The number of thiazole rings is 1. The van der Waals surface area contributed by atoms with Gasteiger partial charge >= 0.3 is 0 Å². The first-order chi connectivity index (χ1) is 16.0. The summed E-state index contributed by atoms with van der Waals surface area (Å²) in [4.78, 5) is 42.4. The number of hydrogen-bond acceptors (Lipinski definition) is 6. The van der Waals surface area contributed by atoms with Crippen molar-refractivity contribution in [1.29, 1.82) is 0 Å². The first kappa shape index (κ1) is 22.0. The molecular weight excluding hydrogens is 440 g/mol. The van der Waals surface area contributed by atoms with E-state index in [-0.39, 0.29) is 23.8 Å². The number of benzene rings is 2. The second kappa shape index (κ2) is 10.4. The van der Waals surface area contributed by atoms with E-state index in [2.05, 4.69) is 20.6 Å². The molecule has 3 N–H and O–H groups in total. The number of ether oxygens (including phenoxy) is 1. The van der Waals surface area contributed by atoms with Crippen LogP contribution in [0.4, 0.5) is 10.8 Å². The van der Waals surface area contributed by atoms with Crippen molar-refractivity contribution in [3.05, 3.63) is 99.9 Å². The fourth-order valence-corrected chi connectivity index (χ4v) is 3.64. The molecule has 4 rings (SSSR count). The molecule has 0 saturated carbocycles. The summed E-state index contributed by atoms with van der Waals surface area (Å²) >= 11 is 1.27. The van der Waals surface area contributed by atoms with Gasteiger partial charge in [-0.15, -0.1) is 11.3 Å². The number of para-hydroxylation sites is 1. The highest BCUT2D eigenvalue weighted by molar-refractivity contribution is 7.14. The zero-order valence-corrected chi connectivity index (χ0v) is 18.2. The lowest BCUT2D eigenvalue weighted by molar-refractivity contribution is -0.116. The fourth-order valence-electron chi connectivity index (χ4n) is 2.90. The van der Waals surface area contributed by atoms with Crippen LogP contribution in [-0.2, 0) is 11.2 Å². The number of aryl methyl sites for hydroxylation is 1. The van der Waals surface area contributed by atoms with Gasteiger partial charge in [0.1, 0.15) is 11.5 Å². The van der Waals surface area contributed by atoms with Gasteiger partial charge in [0.05, 0.1) is 11.3 Å². The summed E-state index contributed by atoms with van der Waals surface area (Å²) in [6.07, 6.45) is 2.03. The minimum Gasteiger partial charge on any atom is -0.457 e. The number of nitrogens with one attached hydrogen (secondary N) is 3. The molecule has 4 aromatic rings. The van der Waals surface area contributed by atoms with Crippen LogP contribution in [0.2, 0.25) is 0 Å². The molecule has 0 atom stereocenters. The minimum absolute atomic E-state index is 0.140. The van der Waals surface area contributed by atoms with Gasteiger partial charge in [-0.3, -0.25) is 19.7 Å². The maximum Gasteiger partial charge on any atom is 0.258 e. The summed E-state index contributed by atoms with van der Waals surface area (Å²) in [5, 5.41) is 7.76. The van der Waals surface area contributed by atoms with E-state index in [1.54, 1.807) is 29.6 Å². The van der Waals surface area contributed by atoms with Crippen molar-refractivity contribution in [3.8, 4) is 11.5 Å². The zero-order valence-electron chi connectivity index (χ0n) is 17.4. The first-order valence-electron chi connectivity index (χ1n) is 10.1. The molecule has 0 unspecified atom stereocenters. The summed E-state index contributed by atoms with van der Waals surface area (Å²) in [6, 6.07) is 19.3. The molecule has 0 aliphatic carbocycles. The lowest BCUT2D eigenvalue weighted by Gasteiger charge is -2.08. The number of carbonyl (C=O) groups excluding carboxylic acids is 2. The molecule has 0 saturated heterocycles. The van der Waals surface area contributed by atoms with Gasteiger partial charge in [-0.1, -0.05) is 18.2 Å². The molecule has 33 heavy (non-hydrogen) atoms. The van der Waals surface area contributed by atoms with E-state index < -0.39 is 0 Å². The number of aromatic amines is 1. The maximum atomic E-state index is 12.3. The summed E-state index contributed by atoms with van der Waals surface area (Å²) in [5.41, 5.74) is 1.43. The van der Waals surface area contributed by atoms with Gasteiger partial charge in [0.15, 0.2) is 5.13 Å². The predicted molar refractivity (Wildman–Crippen MR) is 127 cm³/mol. The summed E-state index contributed by atoms with van der Waals surface area (Å²) in [5.74, 6) is 0.910. The van der Waals surface area contributed by atoms with Crippen LogP contribution in [0.1, 0.15) is 22.5 Å². The van der Waals surface area contributed by atoms with Gasteiger partial charge in [0, 0.05) is 29.8 Å². The number of anilines is 2. The Morgan fingerprint density at radius 3 is 2.42 bits per heavy atom. The third-order valence-electron chi connectivity index (χ3n) is 4.54. The Balaban J connectivity index is 1.24. The van der Waals surface area contributed by atoms with E-state index in [4.69, 9.17) is 4.74 Å². The van der Waals surface area contributed by atoms with Gasteiger partial charge < -0.3 is 15.0 Å². The van der Waals surface area contributed by atoms with Crippen LogP contribution in [0, 0.1) is 0 Å². The lowest BCUT2D eigenvalue weighted by atomic mass is 10.2. The minimum atomic E-state index is -0.371. The third kappa shape index (κ3) is 6.37. The molecule has 0 aliphatic rings. The molecule has 0 radical (unpaired) electrons. The van der Waals surface area contributed by atoms with Crippen molar-refractivity contribution in [2.75, 3.05) is 10.6 Å². The SMILES string of the molecule is O=C(CCc1csc(NC(=O)c2ccc(=O)[nH]c2)n1)Nc1ccc(Oc2ccccc2)cc1. The van der Waals surface area contributed by atoms with Crippen molar-refractivity contribution in [2.24, 2.45) is 0 Å². The number of nitrogens with zero attached hydrogens (tertiary/aromatic N) is 1. The van der Waals surface area contributed by atoms with Gasteiger partial charge in [0.25, 0.3) is 5.91 Å². The van der Waals surface area contributed by atoms with Crippen molar-refractivity contribution < 1.29 is 14.3 Å². The highest BCUT2D eigenvalue weighted by atomic mass is 32.1. The number of hydrogen-bond donors (Lipinski definition) is 3. The van der Waals surface area contributed by atoms with Crippen molar-refractivity contribution in [1.82, 2.24) is 9.97 Å². The van der Waals surface area contributed by atoms with Crippen LogP contribution in [0.15, 0.2) is 83.1 Å². The maximum absolute atomic E-state index is 12.3. The third-order valence-corrected chi connectivity index (χ3v) is 5.35. The average molecular weight is 461 g/mol. The Hall–Kier alpha value is -4.24. The number of carbonyl (C=O) groups is 2. The molecule has 8 nitrogen and oxygen atoms in total.